The van der Waals surface area contributed by atoms with E-state index in [-0.39, 0.29) is 18.4 Å². The zero-order chi connectivity index (χ0) is 15.5. The smallest absolute Gasteiger partial charge is 0.352 e. The van der Waals surface area contributed by atoms with Crippen LogP contribution in [0.3, 0.4) is 0 Å². The lowest BCUT2D eigenvalue weighted by atomic mass is 10.2. The molecule has 1 atom stereocenters. The number of carbonyl (C=O) groups is 1. The standard InChI is InChI=1S/C13H17F3N4O/c1-20-10(2-3-11(20)21)8-18-12-17-7-5-9(19-12)4-6-13(14,15)16/h5,7,10H,2-4,6,8H2,1H3,(H,17,18,19)/t10-/m0/s1. The number of likely N-dealkylation sites (N-methyl/N-ethyl adjacent to an activating group) is 1. The van der Waals surface area contributed by atoms with Gasteiger partial charge in [0.15, 0.2) is 0 Å². The van der Waals surface area contributed by atoms with Crippen molar-refractivity contribution in [1.29, 1.82) is 0 Å². The molecule has 0 saturated carbocycles. The van der Waals surface area contributed by atoms with Crippen LogP contribution in [0, 0.1) is 0 Å². The minimum absolute atomic E-state index is 0.0694. The van der Waals surface area contributed by atoms with Crippen LogP contribution in [0.1, 0.15) is 25.0 Å². The van der Waals surface area contributed by atoms with Crippen molar-refractivity contribution in [2.75, 3.05) is 18.9 Å². The summed E-state index contributed by atoms with van der Waals surface area (Å²) in [5, 5.41) is 2.98. The second-order valence-corrected chi connectivity index (χ2v) is 5.06. The highest BCUT2D eigenvalue weighted by Crippen LogP contribution is 2.21. The Morgan fingerprint density at radius 3 is 2.86 bits per heavy atom. The molecule has 1 aromatic heterocycles. The molecule has 21 heavy (non-hydrogen) atoms. The highest BCUT2D eigenvalue weighted by molar-refractivity contribution is 5.78. The number of aromatic nitrogens is 2. The van der Waals surface area contributed by atoms with Crippen molar-refractivity contribution in [3.63, 3.8) is 0 Å². The first-order chi connectivity index (χ1) is 9.85. The highest BCUT2D eigenvalue weighted by atomic mass is 19.4. The number of amides is 1. The third-order valence-corrected chi connectivity index (χ3v) is 3.51. The molecule has 0 spiro atoms. The van der Waals surface area contributed by atoms with E-state index < -0.39 is 12.6 Å². The number of rotatable bonds is 5. The molecule has 8 heteroatoms. The zero-order valence-electron chi connectivity index (χ0n) is 11.7. The molecule has 2 rings (SSSR count). The van der Waals surface area contributed by atoms with Gasteiger partial charge in [0.05, 0.1) is 0 Å². The largest absolute Gasteiger partial charge is 0.389 e. The van der Waals surface area contributed by atoms with Gasteiger partial charge in [0.2, 0.25) is 11.9 Å². The van der Waals surface area contributed by atoms with E-state index in [1.165, 1.54) is 12.3 Å². The van der Waals surface area contributed by atoms with Gasteiger partial charge >= 0.3 is 6.18 Å². The molecule has 1 aliphatic heterocycles. The third kappa shape index (κ3) is 4.57. The maximum atomic E-state index is 12.2. The Labute approximate surface area is 120 Å². The van der Waals surface area contributed by atoms with E-state index in [4.69, 9.17) is 0 Å². The van der Waals surface area contributed by atoms with E-state index in [0.29, 0.717) is 24.6 Å². The topological polar surface area (TPSA) is 58.1 Å². The Balaban J connectivity index is 1.88. The Hall–Kier alpha value is -1.86. The molecule has 1 fully saturated rings. The molecule has 0 radical (unpaired) electrons. The normalized spacial score (nSPS) is 19.1. The van der Waals surface area contributed by atoms with Gasteiger partial charge in [0, 0.05) is 44.4 Å². The lowest BCUT2D eigenvalue weighted by molar-refractivity contribution is -0.134. The van der Waals surface area contributed by atoms with Crippen molar-refractivity contribution in [3.8, 4) is 0 Å². The molecule has 116 valence electrons. The number of aryl methyl sites for hydroxylation is 1. The summed E-state index contributed by atoms with van der Waals surface area (Å²) in [4.78, 5) is 21.1. The minimum Gasteiger partial charge on any atom is -0.352 e. The summed E-state index contributed by atoms with van der Waals surface area (Å²) < 4.78 is 36.5. The van der Waals surface area contributed by atoms with Crippen LogP contribution >= 0.6 is 0 Å². The van der Waals surface area contributed by atoms with Crippen molar-refractivity contribution in [1.82, 2.24) is 14.9 Å². The van der Waals surface area contributed by atoms with Gasteiger partial charge in [-0.25, -0.2) is 9.97 Å². The molecule has 2 heterocycles. The van der Waals surface area contributed by atoms with Crippen LogP contribution in [0.5, 0.6) is 0 Å². The summed E-state index contributed by atoms with van der Waals surface area (Å²) in [6, 6.07) is 1.54. The summed E-state index contributed by atoms with van der Waals surface area (Å²) in [5.41, 5.74) is 0.348. The molecule has 1 amide bonds. The number of alkyl halides is 3. The number of likely N-dealkylation sites (tertiary alicyclic amines) is 1. The number of hydrogen-bond donors (Lipinski definition) is 1. The van der Waals surface area contributed by atoms with Crippen LogP contribution in [-0.2, 0) is 11.2 Å². The number of anilines is 1. The molecule has 0 aromatic carbocycles. The number of halogens is 3. The average molecular weight is 302 g/mol. The molecule has 0 bridgehead atoms. The maximum Gasteiger partial charge on any atom is 0.389 e. The fourth-order valence-electron chi connectivity index (χ4n) is 2.20. The van der Waals surface area contributed by atoms with Crippen molar-refractivity contribution >= 4 is 11.9 Å². The number of carbonyl (C=O) groups excluding carboxylic acids is 1. The summed E-state index contributed by atoms with van der Waals surface area (Å²) in [7, 11) is 1.74. The summed E-state index contributed by atoms with van der Waals surface area (Å²) >= 11 is 0. The van der Waals surface area contributed by atoms with Gasteiger partial charge in [-0.15, -0.1) is 0 Å². The van der Waals surface area contributed by atoms with Gasteiger partial charge < -0.3 is 10.2 Å². The van der Waals surface area contributed by atoms with E-state index in [9.17, 15) is 18.0 Å². The van der Waals surface area contributed by atoms with Gasteiger partial charge in [-0.2, -0.15) is 13.2 Å². The molecule has 1 saturated heterocycles. The molecule has 5 nitrogen and oxygen atoms in total. The lowest BCUT2D eigenvalue weighted by Crippen LogP contribution is -2.34. The third-order valence-electron chi connectivity index (χ3n) is 3.51. The maximum absolute atomic E-state index is 12.2. The van der Waals surface area contributed by atoms with Crippen LogP contribution in [0.4, 0.5) is 19.1 Å². The Kier molecular flexibility index (Phi) is 4.64. The predicted octanol–water partition coefficient (Wildman–Crippen LogP) is 2.00. The first-order valence-electron chi connectivity index (χ1n) is 6.73. The van der Waals surface area contributed by atoms with Crippen molar-refractivity contribution in [2.24, 2.45) is 0 Å². The first kappa shape index (κ1) is 15.5. The van der Waals surface area contributed by atoms with Gasteiger partial charge in [-0.05, 0) is 18.9 Å². The van der Waals surface area contributed by atoms with E-state index in [0.717, 1.165) is 6.42 Å². The fourth-order valence-corrected chi connectivity index (χ4v) is 2.20. The first-order valence-corrected chi connectivity index (χ1v) is 6.73. The van der Waals surface area contributed by atoms with Crippen LogP contribution in [-0.4, -0.2) is 46.6 Å². The zero-order valence-corrected chi connectivity index (χ0v) is 11.7. The molecular formula is C13H17F3N4O. The second-order valence-electron chi connectivity index (χ2n) is 5.06. The van der Waals surface area contributed by atoms with E-state index >= 15 is 0 Å². The van der Waals surface area contributed by atoms with Crippen molar-refractivity contribution in [3.05, 3.63) is 18.0 Å². The van der Waals surface area contributed by atoms with E-state index in [2.05, 4.69) is 15.3 Å². The van der Waals surface area contributed by atoms with Gasteiger partial charge in [0.25, 0.3) is 0 Å². The van der Waals surface area contributed by atoms with Crippen LogP contribution in [0.15, 0.2) is 12.3 Å². The van der Waals surface area contributed by atoms with Crippen molar-refractivity contribution < 1.29 is 18.0 Å². The SMILES string of the molecule is CN1C(=O)CC[C@H]1CNc1nccc(CCC(F)(F)F)n1. The lowest BCUT2D eigenvalue weighted by Gasteiger charge is -2.20. The van der Waals surface area contributed by atoms with Crippen LogP contribution in [0.2, 0.25) is 0 Å². The van der Waals surface area contributed by atoms with Crippen molar-refractivity contribution in [2.45, 2.75) is 37.9 Å². The number of hydrogen-bond acceptors (Lipinski definition) is 4. The second kappa shape index (κ2) is 6.28. The molecule has 1 aromatic rings. The monoisotopic (exact) mass is 302 g/mol. The Bertz CT molecular complexity index is 506. The summed E-state index contributed by atoms with van der Waals surface area (Å²) in [6.45, 7) is 0.491. The van der Waals surface area contributed by atoms with Crippen LogP contribution < -0.4 is 5.32 Å². The molecule has 0 unspecified atom stereocenters. The van der Waals surface area contributed by atoms with Gasteiger partial charge in [0.1, 0.15) is 0 Å². The average Bonchev–Trinajstić information content (AvgIpc) is 2.74. The fraction of sp³-hybridized carbons (Fsp3) is 0.615. The molecular weight excluding hydrogens is 285 g/mol. The number of nitrogens with zero attached hydrogens (tertiary/aromatic N) is 3. The quantitative estimate of drug-likeness (QED) is 0.904. The van der Waals surface area contributed by atoms with Crippen LogP contribution in [0.25, 0.3) is 0 Å². The summed E-state index contributed by atoms with van der Waals surface area (Å²) in [5.74, 6) is 0.393. The highest BCUT2D eigenvalue weighted by Gasteiger charge is 2.28. The predicted molar refractivity (Wildman–Crippen MR) is 70.7 cm³/mol. The Morgan fingerprint density at radius 1 is 1.48 bits per heavy atom. The molecule has 0 aliphatic carbocycles. The minimum atomic E-state index is -4.19. The van der Waals surface area contributed by atoms with Gasteiger partial charge in [-0.3, -0.25) is 4.79 Å². The molecule has 1 aliphatic rings. The van der Waals surface area contributed by atoms with E-state index in [1.807, 2.05) is 0 Å². The van der Waals surface area contributed by atoms with E-state index in [1.54, 1.807) is 11.9 Å². The number of nitrogens with one attached hydrogen (secondary N) is 1. The van der Waals surface area contributed by atoms with Gasteiger partial charge in [-0.1, -0.05) is 0 Å². The summed E-state index contributed by atoms with van der Waals surface area (Å²) in [6.07, 6.45) is -2.53. The molecule has 1 N–H and O–H groups in total. The Morgan fingerprint density at radius 2 is 2.24 bits per heavy atom.